The maximum atomic E-state index is 8.72. The summed E-state index contributed by atoms with van der Waals surface area (Å²) in [5.41, 5.74) is 9.55. The first-order valence-corrected chi connectivity index (χ1v) is 6.63. The zero-order valence-electron chi connectivity index (χ0n) is 11.0. The second-order valence-electron chi connectivity index (χ2n) is 4.95. The minimum Gasteiger partial charge on any atom is -0.399 e. The van der Waals surface area contributed by atoms with E-state index >= 15 is 0 Å². The number of nitrogen functional groups attached to an aromatic ring is 1. The Morgan fingerprint density at radius 1 is 1.30 bits per heavy atom. The molecule has 0 bridgehead atoms. The molecule has 5 nitrogen and oxygen atoms in total. The number of anilines is 2. The van der Waals surface area contributed by atoms with Crippen LogP contribution < -0.4 is 11.1 Å². The second kappa shape index (κ2) is 5.17. The summed E-state index contributed by atoms with van der Waals surface area (Å²) in [6, 6.07) is 8.25. The number of aryl methyl sites for hydroxylation is 1. The van der Waals surface area contributed by atoms with E-state index in [4.69, 9.17) is 11.0 Å². The lowest BCUT2D eigenvalue weighted by Crippen LogP contribution is -2.18. The molecule has 3 N–H and O–H groups in total. The van der Waals surface area contributed by atoms with Gasteiger partial charge in [-0.05, 0) is 42.5 Å². The minimum atomic E-state index is 0.224. The Labute approximate surface area is 117 Å². The van der Waals surface area contributed by atoms with E-state index in [1.54, 1.807) is 6.20 Å². The molecular weight excluding hydrogens is 250 g/mol. The Kier molecular flexibility index (Phi) is 3.21. The van der Waals surface area contributed by atoms with Crippen molar-refractivity contribution in [2.24, 2.45) is 0 Å². The lowest BCUT2D eigenvalue weighted by Gasteiger charge is -2.27. The van der Waals surface area contributed by atoms with E-state index < -0.39 is 0 Å². The molecule has 0 aliphatic heterocycles. The quantitative estimate of drug-likeness (QED) is 0.814. The van der Waals surface area contributed by atoms with E-state index in [9.17, 15) is 0 Å². The first-order valence-electron chi connectivity index (χ1n) is 6.63. The molecule has 0 saturated carbocycles. The molecule has 1 unspecified atom stereocenters. The SMILES string of the molecule is N#Cc1cnc(NC2CCCc3cc(N)ccc32)cn1. The Morgan fingerprint density at radius 2 is 2.20 bits per heavy atom. The van der Waals surface area contributed by atoms with E-state index in [1.165, 1.54) is 17.3 Å². The predicted octanol–water partition coefficient (Wildman–Crippen LogP) is 2.42. The lowest BCUT2D eigenvalue weighted by molar-refractivity contribution is 0.598. The van der Waals surface area contributed by atoms with Crippen molar-refractivity contribution in [3.05, 3.63) is 47.4 Å². The number of benzene rings is 1. The van der Waals surface area contributed by atoms with Crippen molar-refractivity contribution in [2.45, 2.75) is 25.3 Å². The molecule has 1 atom stereocenters. The lowest BCUT2D eigenvalue weighted by atomic mass is 9.87. The van der Waals surface area contributed by atoms with Gasteiger partial charge in [0.2, 0.25) is 0 Å². The maximum absolute atomic E-state index is 8.72. The van der Waals surface area contributed by atoms with Gasteiger partial charge >= 0.3 is 0 Å². The van der Waals surface area contributed by atoms with Crippen LogP contribution in [0.4, 0.5) is 11.5 Å². The number of hydrogen-bond acceptors (Lipinski definition) is 5. The highest BCUT2D eigenvalue weighted by Crippen LogP contribution is 2.32. The monoisotopic (exact) mass is 265 g/mol. The summed E-state index contributed by atoms with van der Waals surface area (Å²) >= 11 is 0. The van der Waals surface area contributed by atoms with Crippen molar-refractivity contribution in [3.8, 4) is 6.07 Å². The van der Waals surface area contributed by atoms with Crippen LogP contribution in [0.5, 0.6) is 0 Å². The van der Waals surface area contributed by atoms with E-state index in [0.717, 1.165) is 24.9 Å². The Morgan fingerprint density at radius 3 is 2.95 bits per heavy atom. The number of nitrogens with zero attached hydrogens (tertiary/aromatic N) is 3. The number of fused-ring (bicyclic) bond motifs is 1. The molecule has 3 rings (SSSR count). The zero-order valence-corrected chi connectivity index (χ0v) is 11.0. The molecule has 0 radical (unpaired) electrons. The van der Waals surface area contributed by atoms with Crippen LogP contribution in [0.25, 0.3) is 0 Å². The molecular formula is C15H15N5. The molecule has 100 valence electrons. The number of aromatic nitrogens is 2. The Hall–Kier alpha value is -2.61. The molecule has 0 spiro atoms. The smallest absolute Gasteiger partial charge is 0.158 e. The van der Waals surface area contributed by atoms with Gasteiger partial charge in [-0.3, -0.25) is 0 Å². The number of rotatable bonds is 2. The summed E-state index contributed by atoms with van der Waals surface area (Å²) in [7, 11) is 0. The summed E-state index contributed by atoms with van der Waals surface area (Å²) in [4.78, 5) is 8.24. The van der Waals surface area contributed by atoms with Crippen molar-refractivity contribution < 1.29 is 0 Å². The Balaban J connectivity index is 1.84. The number of hydrogen-bond donors (Lipinski definition) is 2. The fourth-order valence-corrected chi connectivity index (χ4v) is 2.62. The van der Waals surface area contributed by atoms with Gasteiger partial charge in [0.1, 0.15) is 11.9 Å². The molecule has 0 saturated heterocycles. The normalized spacial score (nSPS) is 17.1. The zero-order chi connectivity index (χ0) is 13.9. The van der Waals surface area contributed by atoms with Gasteiger partial charge in [0.05, 0.1) is 18.4 Å². The first kappa shape index (κ1) is 12.4. The van der Waals surface area contributed by atoms with E-state index in [-0.39, 0.29) is 6.04 Å². The van der Waals surface area contributed by atoms with Gasteiger partial charge in [0.15, 0.2) is 5.69 Å². The van der Waals surface area contributed by atoms with Crippen LogP contribution in [0.1, 0.15) is 35.7 Å². The molecule has 1 aromatic carbocycles. The van der Waals surface area contributed by atoms with Crippen LogP contribution in [-0.2, 0) is 6.42 Å². The van der Waals surface area contributed by atoms with Gasteiger partial charge in [-0.25, -0.2) is 9.97 Å². The summed E-state index contributed by atoms with van der Waals surface area (Å²) in [5, 5.41) is 12.1. The molecule has 0 amide bonds. The van der Waals surface area contributed by atoms with Crippen LogP contribution in [0, 0.1) is 11.3 Å². The number of nitrogens with two attached hydrogens (primary N) is 1. The Bertz CT molecular complexity index is 657. The highest BCUT2D eigenvalue weighted by molar-refractivity contribution is 5.49. The largest absolute Gasteiger partial charge is 0.399 e. The van der Waals surface area contributed by atoms with Gasteiger partial charge in [-0.1, -0.05) is 6.07 Å². The van der Waals surface area contributed by atoms with Gasteiger partial charge in [-0.2, -0.15) is 5.26 Å². The summed E-state index contributed by atoms with van der Waals surface area (Å²) < 4.78 is 0. The topological polar surface area (TPSA) is 87.6 Å². The predicted molar refractivity (Wildman–Crippen MR) is 76.9 cm³/mol. The van der Waals surface area contributed by atoms with Gasteiger partial charge in [0.25, 0.3) is 0 Å². The van der Waals surface area contributed by atoms with Gasteiger partial charge in [0, 0.05) is 5.69 Å². The van der Waals surface area contributed by atoms with Crippen LogP contribution in [0.3, 0.4) is 0 Å². The molecule has 20 heavy (non-hydrogen) atoms. The van der Waals surface area contributed by atoms with Crippen LogP contribution in [0.2, 0.25) is 0 Å². The van der Waals surface area contributed by atoms with Crippen LogP contribution >= 0.6 is 0 Å². The molecule has 1 aromatic heterocycles. The van der Waals surface area contributed by atoms with E-state index in [0.29, 0.717) is 11.5 Å². The third-order valence-corrected chi connectivity index (χ3v) is 3.57. The molecule has 1 heterocycles. The van der Waals surface area contributed by atoms with Crippen molar-refractivity contribution >= 4 is 11.5 Å². The van der Waals surface area contributed by atoms with Crippen molar-refractivity contribution in [1.82, 2.24) is 9.97 Å². The average Bonchev–Trinajstić information content (AvgIpc) is 2.48. The summed E-state index contributed by atoms with van der Waals surface area (Å²) in [5.74, 6) is 0.693. The third-order valence-electron chi connectivity index (χ3n) is 3.57. The van der Waals surface area contributed by atoms with Crippen molar-refractivity contribution in [3.63, 3.8) is 0 Å². The van der Waals surface area contributed by atoms with Gasteiger partial charge < -0.3 is 11.1 Å². The van der Waals surface area contributed by atoms with Crippen LogP contribution in [0.15, 0.2) is 30.6 Å². The fourth-order valence-electron chi connectivity index (χ4n) is 2.62. The standard InChI is InChI=1S/C15H15N5/c16-7-12-8-19-15(9-18-12)20-14-3-1-2-10-6-11(17)4-5-13(10)14/h4-6,8-9,14H,1-3,17H2,(H,19,20). The van der Waals surface area contributed by atoms with Crippen molar-refractivity contribution in [1.29, 1.82) is 5.26 Å². The third kappa shape index (κ3) is 2.41. The summed E-state index contributed by atoms with van der Waals surface area (Å²) in [6.45, 7) is 0. The molecule has 1 aliphatic rings. The van der Waals surface area contributed by atoms with Crippen LogP contribution in [-0.4, -0.2) is 9.97 Å². The minimum absolute atomic E-state index is 0.224. The second-order valence-corrected chi connectivity index (χ2v) is 4.95. The molecule has 2 aromatic rings. The molecule has 0 fully saturated rings. The highest BCUT2D eigenvalue weighted by Gasteiger charge is 2.20. The highest BCUT2D eigenvalue weighted by atomic mass is 15.0. The first-order chi connectivity index (χ1) is 9.76. The fraction of sp³-hybridized carbons (Fsp3) is 0.267. The van der Waals surface area contributed by atoms with E-state index in [2.05, 4.69) is 21.4 Å². The number of nitriles is 1. The van der Waals surface area contributed by atoms with E-state index in [1.807, 2.05) is 18.2 Å². The maximum Gasteiger partial charge on any atom is 0.158 e. The van der Waals surface area contributed by atoms with Crippen molar-refractivity contribution in [2.75, 3.05) is 11.1 Å². The molecule has 1 aliphatic carbocycles. The number of nitrogens with one attached hydrogen (secondary N) is 1. The van der Waals surface area contributed by atoms with Gasteiger partial charge in [-0.15, -0.1) is 0 Å². The summed E-state index contributed by atoms with van der Waals surface area (Å²) in [6.07, 6.45) is 6.33. The average molecular weight is 265 g/mol. The molecule has 5 heteroatoms.